The molecule has 8 nitrogen and oxygen atoms in total. The number of rotatable bonds is 10. The van der Waals surface area contributed by atoms with Crippen LogP contribution in [0.3, 0.4) is 0 Å². The van der Waals surface area contributed by atoms with Gasteiger partial charge in [-0.05, 0) is 24.5 Å². The Balaban J connectivity index is 1.55. The predicted molar refractivity (Wildman–Crippen MR) is 117 cm³/mol. The molecule has 1 unspecified atom stereocenters. The Bertz CT molecular complexity index is 1000. The number of methoxy groups -OCH3 is 1. The minimum atomic E-state index is -3.02. The molecule has 1 saturated heterocycles. The van der Waals surface area contributed by atoms with Crippen molar-refractivity contribution in [2.75, 3.05) is 30.9 Å². The average Bonchev–Trinajstić information content (AvgIpc) is 3.29. The molecule has 1 aromatic carbocycles. The average molecular weight is 451 g/mol. The predicted octanol–water partition coefficient (Wildman–Crippen LogP) is 1.83. The van der Waals surface area contributed by atoms with Gasteiger partial charge in [0.15, 0.2) is 15.0 Å². The molecule has 0 radical (unpaired) electrons. The van der Waals surface area contributed by atoms with Crippen molar-refractivity contribution < 1.29 is 17.9 Å². The SMILES string of the molecule is C=CCn1c(SCC(=O)NCCc2ccccc2OC)nnc1C1CCS(=O)(=O)C1. The zero-order valence-corrected chi connectivity index (χ0v) is 18.5. The van der Waals surface area contributed by atoms with Gasteiger partial charge in [-0.1, -0.05) is 36.0 Å². The van der Waals surface area contributed by atoms with Crippen LogP contribution in [0.15, 0.2) is 42.1 Å². The van der Waals surface area contributed by atoms with E-state index >= 15 is 0 Å². The lowest BCUT2D eigenvalue weighted by molar-refractivity contribution is -0.118. The maximum Gasteiger partial charge on any atom is 0.230 e. The molecule has 0 bridgehead atoms. The van der Waals surface area contributed by atoms with Crippen molar-refractivity contribution in [2.24, 2.45) is 0 Å². The molecule has 1 aliphatic rings. The summed E-state index contributed by atoms with van der Waals surface area (Å²) < 4.78 is 30.8. The summed E-state index contributed by atoms with van der Waals surface area (Å²) in [5.74, 6) is 1.66. The van der Waals surface area contributed by atoms with Gasteiger partial charge in [0.1, 0.15) is 11.6 Å². The van der Waals surface area contributed by atoms with E-state index in [4.69, 9.17) is 4.74 Å². The Kier molecular flexibility index (Phi) is 7.54. The zero-order chi connectivity index (χ0) is 21.6. The number of carbonyl (C=O) groups excluding carboxylic acids is 1. The van der Waals surface area contributed by atoms with Gasteiger partial charge in [-0.2, -0.15) is 0 Å². The third kappa shape index (κ3) is 5.63. The van der Waals surface area contributed by atoms with Crippen LogP contribution < -0.4 is 10.1 Å². The van der Waals surface area contributed by atoms with E-state index in [2.05, 4.69) is 22.1 Å². The molecule has 3 rings (SSSR count). The third-order valence-corrected chi connectivity index (χ3v) is 7.63. The summed E-state index contributed by atoms with van der Waals surface area (Å²) in [4.78, 5) is 12.3. The summed E-state index contributed by atoms with van der Waals surface area (Å²) in [6.45, 7) is 4.73. The van der Waals surface area contributed by atoms with E-state index in [1.54, 1.807) is 13.2 Å². The van der Waals surface area contributed by atoms with Gasteiger partial charge in [-0.15, -0.1) is 16.8 Å². The molecular formula is C20H26N4O4S2. The summed E-state index contributed by atoms with van der Waals surface area (Å²) in [6.07, 6.45) is 2.94. The highest BCUT2D eigenvalue weighted by Gasteiger charge is 2.33. The molecule has 1 aromatic heterocycles. The van der Waals surface area contributed by atoms with E-state index in [9.17, 15) is 13.2 Å². The third-order valence-electron chi connectivity index (χ3n) is 4.90. The van der Waals surface area contributed by atoms with Gasteiger partial charge in [-0.25, -0.2) is 8.42 Å². The number of para-hydroxylation sites is 1. The molecule has 1 N–H and O–H groups in total. The second kappa shape index (κ2) is 10.1. The number of carbonyl (C=O) groups is 1. The first-order valence-corrected chi connectivity index (χ1v) is 12.5. The first-order valence-electron chi connectivity index (χ1n) is 9.69. The number of nitrogens with one attached hydrogen (secondary N) is 1. The fourth-order valence-corrected chi connectivity index (χ4v) is 5.96. The van der Waals surface area contributed by atoms with Crippen LogP contribution in [0.2, 0.25) is 0 Å². The minimum absolute atomic E-state index is 0.0936. The monoisotopic (exact) mass is 450 g/mol. The van der Waals surface area contributed by atoms with E-state index < -0.39 is 9.84 Å². The van der Waals surface area contributed by atoms with Gasteiger partial charge in [0, 0.05) is 19.0 Å². The quantitative estimate of drug-likeness (QED) is 0.435. The molecule has 2 aromatic rings. The first-order chi connectivity index (χ1) is 14.4. The topological polar surface area (TPSA) is 103 Å². The number of thioether (sulfide) groups is 1. The standard InChI is InChI=1S/C20H26N4O4S2/c1-3-11-24-19(16-9-12-30(26,27)14-16)22-23-20(24)29-13-18(25)21-10-8-15-6-4-5-7-17(15)28-2/h3-7,16H,1,8-14H2,2H3,(H,21,25). The van der Waals surface area contributed by atoms with Crippen LogP contribution in [0, 0.1) is 0 Å². The van der Waals surface area contributed by atoms with Crippen LogP contribution in [-0.2, 0) is 27.6 Å². The normalized spacial score (nSPS) is 17.6. The second-order valence-corrected chi connectivity index (χ2v) is 10.2. The summed E-state index contributed by atoms with van der Waals surface area (Å²) in [5, 5.41) is 11.9. The lowest BCUT2D eigenvalue weighted by Gasteiger charge is -2.11. The number of sulfone groups is 1. The van der Waals surface area contributed by atoms with Gasteiger partial charge in [0.25, 0.3) is 0 Å². The molecule has 0 aliphatic carbocycles. The smallest absolute Gasteiger partial charge is 0.230 e. The van der Waals surface area contributed by atoms with Gasteiger partial charge >= 0.3 is 0 Å². The van der Waals surface area contributed by atoms with Crippen molar-refractivity contribution in [1.82, 2.24) is 20.1 Å². The number of hydrogen-bond acceptors (Lipinski definition) is 7. The van der Waals surface area contributed by atoms with Crippen LogP contribution in [-0.4, -0.2) is 60.0 Å². The van der Waals surface area contributed by atoms with E-state index in [1.165, 1.54) is 11.8 Å². The number of allylic oxidation sites excluding steroid dienone is 1. The highest BCUT2D eigenvalue weighted by Crippen LogP contribution is 2.30. The molecule has 162 valence electrons. The molecule has 2 heterocycles. The molecule has 0 spiro atoms. The molecule has 0 saturated carbocycles. The Labute approximate surface area is 181 Å². The Morgan fingerprint density at radius 1 is 1.40 bits per heavy atom. The minimum Gasteiger partial charge on any atom is -0.496 e. The van der Waals surface area contributed by atoms with Crippen molar-refractivity contribution in [3.8, 4) is 5.75 Å². The summed E-state index contributed by atoms with van der Waals surface area (Å²) in [7, 11) is -1.39. The van der Waals surface area contributed by atoms with E-state index in [0.29, 0.717) is 36.9 Å². The maximum atomic E-state index is 12.3. The number of nitrogens with zero attached hydrogens (tertiary/aromatic N) is 3. The number of amides is 1. The highest BCUT2D eigenvalue weighted by atomic mass is 32.2. The van der Waals surface area contributed by atoms with Crippen molar-refractivity contribution in [1.29, 1.82) is 0 Å². The van der Waals surface area contributed by atoms with Gasteiger partial charge < -0.3 is 14.6 Å². The lowest BCUT2D eigenvalue weighted by atomic mass is 10.1. The number of hydrogen-bond donors (Lipinski definition) is 1. The van der Waals surface area contributed by atoms with E-state index in [0.717, 1.165) is 11.3 Å². The molecule has 10 heteroatoms. The fraction of sp³-hybridized carbons (Fsp3) is 0.450. The van der Waals surface area contributed by atoms with Crippen LogP contribution >= 0.6 is 11.8 Å². The van der Waals surface area contributed by atoms with Crippen molar-refractivity contribution in [3.63, 3.8) is 0 Å². The van der Waals surface area contributed by atoms with Crippen molar-refractivity contribution in [2.45, 2.75) is 30.5 Å². The Hall–Kier alpha value is -2.33. The summed E-state index contributed by atoms with van der Waals surface area (Å²) in [6, 6.07) is 7.72. The number of benzene rings is 1. The van der Waals surface area contributed by atoms with Gasteiger partial charge in [0.2, 0.25) is 5.91 Å². The second-order valence-electron chi connectivity index (χ2n) is 7.04. The van der Waals surface area contributed by atoms with E-state index in [-0.39, 0.29) is 29.1 Å². The van der Waals surface area contributed by atoms with Crippen LogP contribution in [0.4, 0.5) is 0 Å². The molecule has 30 heavy (non-hydrogen) atoms. The summed E-state index contributed by atoms with van der Waals surface area (Å²) in [5.41, 5.74) is 1.04. The number of aromatic nitrogens is 3. The van der Waals surface area contributed by atoms with Crippen LogP contribution in [0.5, 0.6) is 5.75 Å². The Morgan fingerprint density at radius 3 is 2.90 bits per heavy atom. The first kappa shape index (κ1) is 22.4. The fourth-order valence-electron chi connectivity index (χ4n) is 3.44. The van der Waals surface area contributed by atoms with Crippen molar-refractivity contribution in [3.05, 3.63) is 48.3 Å². The molecule has 1 fully saturated rings. The van der Waals surface area contributed by atoms with Gasteiger partial charge in [-0.3, -0.25) is 4.79 Å². The van der Waals surface area contributed by atoms with Crippen LogP contribution in [0.25, 0.3) is 0 Å². The molecule has 1 aliphatic heterocycles. The van der Waals surface area contributed by atoms with E-state index in [1.807, 2.05) is 28.8 Å². The largest absolute Gasteiger partial charge is 0.496 e. The zero-order valence-electron chi connectivity index (χ0n) is 16.9. The summed E-state index contributed by atoms with van der Waals surface area (Å²) >= 11 is 1.28. The highest BCUT2D eigenvalue weighted by molar-refractivity contribution is 7.99. The number of ether oxygens (including phenoxy) is 1. The van der Waals surface area contributed by atoms with Gasteiger partial charge in [0.05, 0.1) is 24.4 Å². The Morgan fingerprint density at radius 2 is 2.20 bits per heavy atom. The maximum absolute atomic E-state index is 12.3. The van der Waals surface area contributed by atoms with Crippen LogP contribution in [0.1, 0.15) is 23.7 Å². The lowest BCUT2D eigenvalue weighted by Crippen LogP contribution is -2.27. The molecule has 1 atom stereocenters. The molecular weight excluding hydrogens is 424 g/mol. The van der Waals surface area contributed by atoms with Crippen molar-refractivity contribution >= 4 is 27.5 Å². The molecule has 1 amide bonds.